The topological polar surface area (TPSA) is 60.9 Å². The van der Waals surface area contributed by atoms with E-state index in [-0.39, 0.29) is 11.4 Å². The highest BCUT2D eigenvalue weighted by atomic mass is 16.4. The predicted molar refractivity (Wildman–Crippen MR) is 81.1 cm³/mol. The van der Waals surface area contributed by atoms with Gasteiger partial charge in [-0.1, -0.05) is 32.4 Å². The molecule has 0 radical (unpaired) electrons. The van der Waals surface area contributed by atoms with E-state index in [1.807, 2.05) is 4.90 Å². The Labute approximate surface area is 126 Å². The van der Waals surface area contributed by atoms with Gasteiger partial charge in [0.25, 0.3) is 0 Å². The van der Waals surface area contributed by atoms with Crippen LogP contribution in [0.15, 0.2) is 11.6 Å². The number of urea groups is 1. The van der Waals surface area contributed by atoms with E-state index < -0.39 is 11.9 Å². The Morgan fingerprint density at radius 2 is 1.95 bits per heavy atom. The highest BCUT2D eigenvalue weighted by Crippen LogP contribution is 2.30. The summed E-state index contributed by atoms with van der Waals surface area (Å²) in [6.07, 6.45) is 4.51. The molecule has 2 heterocycles. The highest BCUT2D eigenvalue weighted by molar-refractivity contribution is 5.77. The van der Waals surface area contributed by atoms with E-state index in [4.69, 9.17) is 5.11 Å². The van der Waals surface area contributed by atoms with Crippen LogP contribution < -0.4 is 0 Å². The van der Waals surface area contributed by atoms with Crippen molar-refractivity contribution in [3.8, 4) is 0 Å². The molecule has 2 amide bonds. The summed E-state index contributed by atoms with van der Waals surface area (Å²) >= 11 is 0. The minimum Gasteiger partial charge on any atom is -0.481 e. The zero-order valence-electron chi connectivity index (χ0n) is 13.3. The van der Waals surface area contributed by atoms with Crippen LogP contribution in [0.25, 0.3) is 0 Å². The van der Waals surface area contributed by atoms with Crippen LogP contribution in [0.2, 0.25) is 0 Å². The first kappa shape index (κ1) is 15.9. The molecule has 5 heteroatoms. The third-order valence-electron chi connectivity index (χ3n) is 4.48. The number of likely N-dealkylation sites (tertiary alicyclic amines) is 1. The van der Waals surface area contributed by atoms with Gasteiger partial charge < -0.3 is 14.9 Å². The van der Waals surface area contributed by atoms with Gasteiger partial charge in [0.2, 0.25) is 0 Å². The molecule has 118 valence electrons. The van der Waals surface area contributed by atoms with Crippen LogP contribution in [0, 0.1) is 11.3 Å². The van der Waals surface area contributed by atoms with Crippen LogP contribution >= 0.6 is 0 Å². The van der Waals surface area contributed by atoms with Crippen molar-refractivity contribution in [3.63, 3.8) is 0 Å². The SMILES string of the molecule is CC(C)(C)C1=CCN(C(=O)N2CCC[C@H](C(=O)O)C2)CC1. The summed E-state index contributed by atoms with van der Waals surface area (Å²) in [6, 6.07) is -0.00911. The van der Waals surface area contributed by atoms with Crippen molar-refractivity contribution in [2.45, 2.75) is 40.0 Å². The molecule has 0 aliphatic carbocycles. The molecule has 0 bridgehead atoms. The van der Waals surface area contributed by atoms with Crippen LogP contribution in [0.4, 0.5) is 4.79 Å². The van der Waals surface area contributed by atoms with Crippen LogP contribution in [-0.2, 0) is 4.79 Å². The Morgan fingerprint density at radius 1 is 1.24 bits per heavy atom. The molecule has 5 nitrogen and oxygen atoms in total. The molecular weight excluding hydrogens is 268 g/mol. The van der Waals surface area contributed by atoms with Crippen molar-refractivity contribution in [2.75, 3.05) is 26.2 Å². The Morgan fingerprint density at radius 3 is 2.48 bits per heavy atom. The number of carbonyl (C=O) groups excluding carboxylic acids is 1. The van der Waals surface area contributed by atoms with Crippen molar-refractivity contribution < 1.29 is 14.7 Å². The van der Waals surface area contributed by atoms with E-state index in [0.29, 0.717) is 26.1 Å². The second kappa shape index (κ2) is 6.08. The normalized spacial score (nSPS) is 23.8. The molecule has 21 heavy (non-hydrogen) atoms. The van der Waals surface area contributed by atoms with E-state index in [9.17, 15) is 9.59 Å². The molecule has 0 unspecified atom stereocenters. The molecule has 0 aromatic rings. The summed E-state index contributed by atoms with van der Waals surface area (Å²) in [7, 11) is 0. The number of carboxylic acid groups (broad SMARTS) is 1. The molecule has 1 fully saturated rings. The standard InChI is InChI=1S/C16H26N2O3/c1-16(2,3)13-6-9-17(10-7-13)15(21)18-8-4-5-12(11-18)14(19)20/h6,12H,4-5,7-11H2,1-3H3,(H,19,20)/t12-/m0/s1. The summed E-state index contributed by atoms with van der Waals surface area (Å²) < 4.78 is 0. The average molecular weight is 294 g/mol. The van der Waals surface area contributed by atoms with E-state index in [0.717, 1.165) is 19.4 Å². The van der Waals surface area contributed by atoms with Crippen LogP contribution in [0.3, 0.4) is 0 Å². The summed E-state index contributed by atoms with van der Waals surface area (Å²) in [5, 5.41) is 9.11. The first-order valence-electron chi connectivity index (χ1n) is 7.75. The Balaban J connectivity index is 1.96. The summed E-state index contributed by atoms with van der Waals surface area (Å²) in [5.74, 6) is -1.20. The lowest BCUT2D eigenvalue weighted by Gasteiger charge is -2.37. The van der Waals surface area contributed by atoms with E-state index >= 15 is 0 Å². The van der Waals surface area contributed by atoms with E-state index in [1.54, 1.807) is 4.90 Å². The highest BCUT2D eigenvalue weighted by Gasteiger charge is 2.31. The number of hydrogen-bond acceptors (Lipinski definition) is 2. The smallest absolute Gasteiger partial charge is 0.320 e. The summed E-state index contributed by atoms with van der Waals surface area (Å²) in [4.78, 5) is 27.1. The maximum Gasteiger partial charge on any atom is 0.320 e. The van der Waals surface area contributed by atoms with Crippen molar-refractivity contribution >= 4 is 12.0 Å². The zero-order valence-corrected chi connectivity index (χ0v) is 13.3. The molecule has 0 saturated carbocycles. The fourth-order valence-electron chi connectivity index (χ4n) is 3.08. The number of carboxylic acids is 1. The van der Waals surface area contributed by atoms with Gasteiger partial charge in [0.15, 0.2) is 0 Å². The van der Waals surface area contributed by atoms with Crippen molar-refractivity contribution in [2.24, 2.45) is 11.3 Å². The minimum atomic E-state index is -0.791. The van der Waals surface area contributed by atoms with E-state index in [1.165, 1.54) is 5.57 Å². The number of amides is 2. The monoisotopic (exact) mass is 294 g/mol. The van der Waals surface area contributed by atoms with Crippen molar-refractivity contribution in [1.82, 2.24) is 9.80 Å². The Bertz CT molecular complexity index is 451. The second-order valence-corrected chi connectivity index (χ2v) is 7.08. The van der Waals surface area contributed by atoms with Gasteiger partial charge in [-0.15, -0.1) is 0 Å². The van der Waals surface area contributed by atoms with Gasteiger partial charge in [-0.2, -0.15) is 0 Å². The quantitative estimate of drug-likeness (QED) is 0.756. The lowest BCUT2D eigenvalue weighted by molar-refractivity contribution is -0.143. The molecule has 0 aromatic carbocycles. The van der Waals surface area contributed by atoms with Gasteiger partial charge in [-0.05, 0) is 24.7 Å². The van der Waals surface area contributed by atoms with Gasteiger partial charge in [0.1, 0.15) is 0 Å². The van der Waals surface area contributed by atoms with Gasteiger partial charge in [-0.3, -0.25) is 4.79 Å². The maximum absolute atomic E-state index is 12.5. The van der Waals surface area contributed by atoms with Gasteiger partial charge >= 0.3 is 12.0 Å². The predicted octanol–water partition coefficient (Wildman–Crippen LogP) is 2.58. The molecule has 0 aromatic heterocycles. The minimum absolute atomic E-state index is 0.00911. The third-order valence-corrected chi connectivity index (χ3v) is 4.48. The van der Waals surface area contributed by atoms with Gasteiger partial charge in [0.05, 0.1) is 5.92 Å². The number of carbonyl (C=O) groups is 2. The molecular formula is C16H26N2O3. The zero-order chi connectivity index (χ0) is 15.6. The fourth-order valence-corrected chi connectivity index (χ4v) is 3.08. The summed E-state index contributed by atoms with van der Waals surface area (Å²) in [6.45, 7) is 8.97. The lowest BCUT2D eigenvalue weighted by Crippen LogP contribution is -2.50. The fraction of sp³-hybridized carbons (Fsp3) is 0.750. The van der Waals surface area contributed by atoms with Gasteiger partial charge in [-0.25, -0.2) is 4.79 Å². The maximum atomic E-state index is 12.5. The van der Waals surface area contributed by atoms with Gasteiger partial charge in [0, 0.05) is 26.2 Å². The average Bonchev–Trinajstić information content (AvgIpc) is 2.46. The molecule has 2 aliphatic rings. The molecule has 1 atom stereocenters. The third kappa shape index (κ3) is 3.77. The number of rotatable bonds is 1. The second-order valence-electron chi connectivity index (χ2n) is 7.08. The molecule has 1 saturated heterocycles. The van der Waals surface area contributed by atoms with E-state index in [2.05, 4.69) is 26.8 Å². The lowest BCUT2D eigenvalue weighted by atomic mass is 9.83. The number of piperidine rings is 1. The van der Waals surface area contributed by atoms with Crippen molar-refractivity contribution in [3.05, 3.63) is 11.6 Å². The first-order chi connectivity index (χ1) is 9.79. The molecule has 0 spiro atoms. The van der Waals surface area contributed by atoms with Crippen molar-refractivity contribution in [1.29, 1.82) is 0 Å². The molecule has 2 aliphatic heterocycles. The van der Waals surface area contributed by atoms with Crippen LogP contribution in [0.5, 0.6) is 0 Å². The van der Waals surface area contributed by atoms with Crippen LogP contribution in [0.1, 0.15) is 40.0 Å². The Hall–Kier alpha value is -1.52. The number of nitrogens with zero attached hydrogens (tertiary/aromatic N) is 2. The number of hydrogen-bond donors (Lipinski definition) is 1. The summed E-state index contributed by atoms with van der Waals surface area (Å²) in [5.41, 5.74) is 1.56. The molecule has 1 N–H and O–H groups in total. The number of aliphatic carboxylic acids is 1. The Kier molecular flexibility index (Phi) is 4.59. The van der Waals surface area contributed by atoms with Crippen LogP contribution in [-0.4, -0.2) is 53.1 Å². The first-order valence-corrected chi connectivity index (χ1v) is 7.75. The molecule has 2 rings (SSSR count). The largest absolute Gasteiger partial charge is 0.481 e.